The summed E-state index contributed by atoms with van der Waals surface area (Å²) in [5.74, 6) is 0.0785. The molecule has 0 spiro atoms. The van der Waals surface area contributed by atoms with Gasteiger partial charge in [0.1, 0.15) is 5.60 Å². The normalized spacial score (nSPS) is 19.4. The lowest BCUT2D eigenvalue weighted by Gasteiger charge is -2.39. The molecule has 2 N–H and O–H groups in total. The highest BCUT2D eigenvalue weighted by Gasteiger charge is 2.39. The second kappa shape index (κ2) is 8.24. The first-order chi connectivity index (χ1) is 11.0. The highest BCUT2D eigenvalue weighted by atomic mass is 32.2. The standard InChI is InChI=1S/C17H27NO4S/c1-2-3-13-23(20,21)18-14-17(19,15-7-5-4-6-8-15)16-9-11-22-12-10-16/h4-8,16,18-19H,2-3,9-14H2,1H3/t17-/m0/s1. The molecule has 1 aromatic rings. The average Bonchev–Trinajstić information content (AvgIpc) is 2.59. The molecule has 0 radical (unpaired) electrons. The van der Waals surface area contributed by atoms with E-state index >= 15 is 0 Å². The number of nitrogens with one attached hydrogen (secondary N) is 1. The zero-order valence-corrected chi connectivity index (χ0v) is 14.5. The lowest BCUT2D eigenvalue weighted by atomic mass is 9.77. The molecule has 1 saturated heterocycles. The molecule has 1 atom stereocenters. The molecule has 23 heavy (non-hydrogen) atoms. The minimum atomic E-state index is -3.36. The Hall–Kier alpha value is -0.950. The molecular weight excluding hydrogens is 314 g/mol. The van der Waals surface area contributed by atoms with Gasteiger partial charge >= 0.3 is 0 Å². The monoisotopic (exact) mass is 341 g/mol. The summed E-state index contributed by atoms with van der Waals surface area (Å²) in [4.78, 5) is 0. The van der Waals surface area contributed by atoms with E-state index in [1.807, 2.05) is 37.3 Å². The lowest BCUT2D eigenvalue weighted by Crippen LogP contribution is -2.48. The molecule has 5 nitrogen and oxygen atoms in total. The summed E-state index contributed by atoms with van der Waals surface area (Å²) in [7, 11) is -3.36. The van der Waals surface area contributed by atoms with Crippen LogP contribution in [0.3, 0.4) is 0 Å². The van der Waals surface area contributed by atoms with Crippen LogP contribution in [0.25, 0.3) is 0 Å². The molecule has 0 bridgehead atoms. The Labute approximate surface area is 139 Å². The van der Waals surface area contributed by atoms with Crippen molar-refractivity contribution in [2.24, 2.45) is 5.92 Å². The van der Waals surface area contributed by atoms with Crippen LogP contribution in [0.1, 0.15) is 38.2 Å². The van der Waals surface area contributed by atoms with Gasteiger partial charge in [0.25, 0.3) is 0 Å². The van der Waals surface area contributed by atoms with E-state index in [0.29, 0.717) is 19.6 Å². The van der Waals surface area contributed by atoms with E-state index in [1.54, 1.807) is 0 Å². The molecule has 1 aromatic carbocycles. The molecule has 0 saturated carbocycles. The van der Waals surface area contributed by atoms with E-state index in [-0.39, 0.29) is 18.2 Å². The van der Waals surface area contributed by atoms with E-state index in [9.17, 15) is 13.5 Å². The molecular formula is C17H27NO4S. The van der Waals surface area contributed by atoms with Crippen molar-refractivity contribution in [3.63, 3.8) is 0 Å². The fraction of sp³-hybridized carbons (Fsp3) is 0.647. The zero-order chi connectivity index (χ0) is 16.8. The topological polar surface area (TPSA) is 75.6 Å². The van der Waals surface area contributed by atoms with Crippen molar-refractivity contribution in [1.29, 1.82) is 0 Å². The first-order valence-electron chi connectivity index (χ1n) is 8.31. The van der Waals surface area contributed by atoms with Crippen molar-refractivity contribution in [3.05, 3.63) is 35.9 Å². The van der Waals surface area contributed by atoms with Gasteiger partial charge in [-0.05, 0) is 30.7 Å². The van der Waals surface area contributed by atoms with Crippen LogP contribution in [0.4, 0.5) is 0 Å². The molecule has 1 heterocycles. The quantitative estimate of drug-likeness (QED) is 0.758. The summed E-state index contributed by atoms with van der Waals surface area (Å²) >= 11 is 0. The van der Waals surface area contributed by atoms with E-state index in [1.165, 1.54) is 0 Å². The number of ether oxygens (including phenoxy) is 1. The van der Waals surface area contributed by atoms with Gasteiger partial charge in [0.15, 0.2) is 0 Å². The third kappa shape index (κ3) is 5.01. The van der Waals surface area contributed by atoms with E-state index in [0.717, 1.165) is 24.8 Å². The number of rotatable bonds is 8. The Kier molecular flexibility index (Phi) is 6.59. The molecule has 2 rings (SSSR count). The summed E-state index contributed by atoms with van der Waals surface area (Å²) in [5, 5.41) is 11.3. The van der Waals surface area contributed by atoms with Crippen LogP contribution in [-0.2, 0) is 20.4 Å². The van der Waals surface area contributed by atoms with Gasteiger partial charge in [-0.1, -0.05) is 43.7 Å². The van der Waals surface area contributed by atoms with E-state index < -0.39 is 15.6 Å². The number of unbranched alkanes of at least 4 members (excludes halogenated alkanes) is 1. The summed E-state index contributed by atoms with van der Waals surface area (Å²) < 4.78 is 32.2. The highest BCUT2D eigenvalue weighted by Crippen LogP contribution is 2.35. The average molecular weight is 341 g/mol. The zero-order valence-electron chi connectivity index (χ0n) is 13.7. The highest BCUT2D eigenvalue weighted by molar-refractivity contribution is 7.89. The Bertz CT molecular complexity index is 570. The molecule has 1 aliphatic rings. The maximum Gasteiger partial charge on any atom is 0.211 e. The molecule has 130 valence electrons. The van der Waals surface area contributed by atoms with Gasteiger partial charge in [0.2, 0.25) is 10.0 Å². The fourth-order valence-corrected chi connectivity index (χ4v) is 4.26. The van der Waals surface area contributed by atoms with Crippen LogP contribution < -0.4 is 4.72 Å². The van der Waals surface area contributed by atoms with Crippen LogP contribution in [0.15, 0.2) is 30.3 Å². The van der Waals surface area contributed by atoms with Crippen molar-refractivity contribution in [3.8, 4) is 0 Å². The van der Waals surface area contributed by atoms with Crippen LogP contribution >= 0.6 is 0 Å². The molecule has 0 aromatic heterocycles. The van der Waals surface area contributed by atoms with Gasteiger partial charge in [-0.25, -0.2) is 13.1 Å². The molecule has 0 amide bonds. The summed E-state index contributed by atoms with van der Waals surface area (Å²) in [5.41, 5.74) is -0.449. The van der Waals surface area contributed by atoms with Crippen molar-refractivity contribution >= 4 is 10.0 Å². The number of hydrogen-bond acceptors (Lipinski definition) is 4. The van der Waals surface area contributed by atoms with E-state index in [2.05, 4.69) is 4.72 Å². The van der Waals surface area contributed by atoms with Crippen molar-refractivity contribution in [1.82, 2.24) is 4.72 Å². The van der Waals surface area contributed by atoms with Crippen LogP contribution in [0, 0.1) is 5.92 Å². The largest absolute Gasteiger partial charge is 0.383 e. The summed E-state index contributed by atoms with van der Waals surface area (Å²) in [6.07, 6.45) is 2.89. The molecule has 0 unspecified atom stereocenters. The first kappa shape index (κ1) is 18.4. The van der Waals surface area contributed by atoms with Crippen LogP contribution in [-0.4, -0.2) is 39.0 Å². The summed E-state index contributed by atoms with van der Waals surface area (Å²) in [6, 6.07) is 9.33. The third-order valence-electron chi connectivity index (χ3n) is 4.50. The van der Waals surface area contributed by atoms with Gasteiger partial charge in [-0.3, -0.25) is 0 Å². The smallest absolute Gasteiger partial charge is 0.211 e. The predicted octanol–water partition coefficient (Wildman–Crippen LogP) is 2.02. The number of benzene rings is 1. The van der Waals surface area contributed by atoms with Gasteiger partial charge < -0.3 is 9.84 Å². The van der Waals surface area contributed by atoms with Gasteiger partial charge in [-0.15, -0.1) is 0 Å². The lowest BCUT2D eigenvalue weighted by molar-refractivity contribution is -0.0663. The van der Waals surface area contributed by atoms with Crippen LogP contribution in [0.2, 0.25) is 0 Å². The maximum atomic E-state index is 12.1. The Morgan fingerprint density at radius 1 is 1.26 bits per heavy atom. The summed E-state index contributed by atoms with van der Waals surface area (Å²) in [6.45, 7) is 3.16. The second-order valence-electron chi connectivity index (χ2n) is 6.17. The first-order valence-corrected chi connectivity index (χ1v) is 9.96. The minimum absolute atomic E-state index is 0.00767. The number of hydrogen-bond donors (Lipinski definition) is 2. The van der Waals surface area contributed by atoms with Gasteiger partial charge in [-0.2, -0.15) is 0 Å². The van der Waals surface area contributed by atoms with Crippen molar-refractivity contribution in [2.45, 2.75) is 38.2 Å². The van der Waals surface area contributed by atoms with Crippen molar-refractivity contribution < 1.29 is 18.3 Å². The SMILES string of the molecule is CCCCS(=O)(=O)NC[C@](O)(c1ccccc1)C1CCOCC1. The molecule has 0 aliphatic carbocycles. The molecule has 1 aliphatic heterocycles. The van der Waals surface area contributed by atoms with E-state index in [4.69, 9.17) is 4.74 Å². The minimum Gasteiger partial charge on any atom is -0.383 e. The number of sulfonamides is 1. The van der Waals surface area contributed by atoms with Gasteiger partial charge in [0, 0.05) is 19.8 Å². The Morgan fingerprint density at radius 2 is 1.91 bits per heavy atom. The number of aliphatic hydroxyl groups is 1. The van der Waals surface area contributed by atoms with Crippen molar-refractivity contribution in [2.75, 3.05) is 25.5 Å². The molecule has 6 heteroatoms. The van der Waals surface area contributed by atoms with Gasteiger partial charge in [0.05, 0.1) is 5.75 Å². The maximum absolute atomic E-state index is 12.1. The third-order valence-corrected chi connectivity index (χ3v) is 5.91. The predicted molar refractivity (Wildman–Crippen MR) is 90.6 cm³/mol. The Balaban J connectivity index is 2.17. The second-order valence-corrected chi connectivity index (χ2v) is 8.10. The Morgan fingerprint density at radius 3 is 2.52 bits per heavy atom. The molecule has 1 fully saturated rings. The fourth-order valence-electron chi connectivity index (χ4n) is 3.01. The van der Waals surface area contributed by atoms with Crippen LogP contribution in [0.5, 0.6) is 0 Å².